The fraction of sp³-hybridized carbons (Fsp3) is 0.483. The van der Waals surface area contributed by atoms with Gasteiger partial charge in [-0.1, -0.05) is 62.4 Å². The molecule has 1 aliphatic rings. The number of esters is 1. The number of amides is 1. The van der Waals surface area contributed by atoms with Gasteiger partial charge in [-0.05, 0) is 55.9 Å². The Labute approximate surface area is 218 Å². The summed E-state index contributed by atoms with van der Waals surface area (Å²) in [6.07, 6.45) is -2.73. The maximum absolute atomic E-state index is 13.1. The van der Waals surface area contributed by atoms with Crippen LogP contribution in [0.2, 0.25) is 0 Å². The Bertz CT molecular complexity index is 1080. The first kappa shape index (κ1) is 28.2. The zero-order valence-electron chi connectivity index (χ0n) is 22.3. The van der Waals surface area contributed by atoms with E-state index in [0.717, 1.165) is 22.3 Å². The standard InChI is InChI=1S/C29H37NO7/c1-17(2)24(15-25(31)32)36-27(33)26(18(3)37-29(4,5)6)30-28(34)35-16-23-21-13-9-7-11-19(21)20-12-8-10-14-22(20)23/h7-14,17-18,23-24,26H,15-16H2,1-6H3,(H,30,34)(H,31,32)/t18-,24+,26+/m1/s1. The largest absolute Gasteiger partial charge is 0.481 e. The van der Waals surface area contributed by atoms with E-state index in [0.29, 0.717) is 0 Å². The second kappa shape index (κ2) is 11.8. The Balaban J connectivity index is 1.73. The number of carboxylic acids is 1. The molecule has 0 saturated heterocycles. The normalized spacial score (nSPS) is 15.3. The average molecular weight is 512 g/mol. The third-order valence-corrected chi connectivity index (χ3v) is 6.27. The third kappa shape index (κ3) is 7.32. The van der Waals surface area contributed by atoms with Crippen LogP contribution in [0.3, 0.4) is 0 Å². The maximum Gasteiger partial charge on any atom is 0.407 e. The van der Waals surface area contributed by atoms with E-state index in [2.05, 4.69) is 5.32 Å². The number of fused-ring (bicyclic) bond motifs is 3. The molecule has 3 atom stereocenters. The van der Waals surface area contributed by atoms with Crippen molar-refractivity contribution in [1.82, 2.24) is 5.32 Å². The van der Waals surface area contributed by atoms with Gasteiger partial charge in [-0.15, -0.1) is 0 Å². The number of carboxylic acid groups (broad SMARTS) is 1. The lowest BCUT2D eigenvalue weighted by Gasteiger charge is -2.31. The summed E-state index contributed by atoms with van der Waals surface area (Å²) in [6, 6.07) is 14.8. The minimum absolute atomic E-state index is 0.0871. The van der Waals surface area contributed by atoms with Crippen LogP contribution >= 0.6 is 0 Å². The summed E-state index contributed by atoms with van der Waals surface area (Å²) in [4.78, 5) is 37.3. The Hall–Kier alpha value is -3.39. The highest BCUT2D eigenvalue weighted by molar-refractivity contribution is 5.83. The van der Waals surface area contributed by atoms with Crippen molar-refractivity contribution in [2.75, 3.05) is 6.61 Å². The van der Waals surface area contributed by atoms with Gasteiger partial charge in [0.2, 0.25) is 0 Å². The van der Waals surface area contributed by atoms with Gasteiger partial charge >= 0.3 is 18.0 Å². The van der Waals surface area contributed by atoms with Crippen molar-refractivity contribution in [1.29, 1.82) is 0 Å². The monoisotopic (exact) mass is 511 g/mol. The molecule has 0 heterocycles. The zero-order valence-corrected chi connectivity index (χ0v) is 22.3. The first-order chi connectivity index (χ1) is 17.4. The summed E-state index contributed by atoms with van der Waals surface area (Å²) in [5.41, 5.74) is 3.77. The topological polar surface area (TPSA) is 111 Å². The van der Waals surface area contributed by atoms with Gasteiger partial charge in [0, 0.05) is 5.92 Å². The Kier molecular flexibility index (Phi) is 8.97. The summed E-state index contributed by atoms with van der Waals surface area (Å²) in [5, 5.41) is 11.8. The van der Waals surface area contributed by atoms with Crippen molar-refractivity contribution in [3.63, 3.8) is 0 Å². The predicted molar refractivity (Wildman–Crippen MR) is 139 cm³/mol. The number of alkyl carbamates (subject to hydrolysis) is 1. The summed E-state index contributed by atoms with van der Waals surface area (Å²) in [6.45, 7) is 10.8. The first-order valence-corrected chi connectivity index (χ1v) is 12.6. The lowest BCUT2D eigenvalue weighted by molar-refractivity contribution is -0.163. The van der Waals surface area contributed by atoms with Gasteiger partial charge < -0.3 is 24.6 Å². The van der Waals surface area contributed by atoms with Crippen molar-refractivity contribution in [3.05, 3.63) is 59.7 Å². The van der Waals surface area contributed by atoms with Gasteiger partial charge in [0.05, 0.1) is 18.1 Å². The number of carbonyl (C=O) groups is 3. The number of ether oxygens (including phenoxy) is 3. The molecule has 0 unspecified atom stereocenters. The van der Waals surface area contributed by atoms with Gasteiger partial charge in [-0.25, -0.2) is 9.59 Å². The van der Waals surface area contributed by atoms with Gasteiger partial charge in [0.25, 0.3) is 0 Å². The van der Waals surface area contributed by atoms with Gasteiger partial charge in [0.15, 0.2) is 6.04 Å². The molecule has 2 aromatic rings. The minimum Gasteiger partial charge on any atom is -0.481 e. The minimum atomic E-state index is -1.19. The van der Waals surface area contributed by atoms with E-state index in [1.165, 1.54) is 0 Å². The molecule has 0 spiro atoms. The second-order valence-electron chi connectivity index (χ2n) is 10.7. The second-order valence-corrected chi connectivity index (χ2v) is 10.7. The number of benzene rings is 2. The van der Waals surface area contributed by atoms with Gasteiger partial charge in [-0.3, -0.25) is 4.79 Å². The predicted octanol–water partition coefficient (Wildman–Crippen LogP) is 5.14. The molecule has 1 aliphatic carbocycles. The van der Waals surface area contributed by atoms with Crippen molar-refractivity contribution >= 4 is 18.0 Å². The van der Waals surface area contributed by atoms with Crippen LogP contribution in [0.4, 0.5) is 4.79 Å². The number of hydrogen-bond acceptors (Lipinski definition) is 6. The molecule has 200 valence electrons. The SMILES string of the molecule is CC(C)[C@H](CC(=O)O)OC(=O)[C@@H](NC(=O)OCC1c2ccccc2-c2ccccc21)[C@@H](C)OC(C)(C)C. The van der Waals surface area contributed by atoms with Crippen LogP contribution in [-0.4, -0.2) is 53.6 Å². The Morgan fingerprint density at radius 1 is 0.946 bits per heavy atom. The van der Waals surface area contributed by atoms with E-state index in [9.17, 15) is 19.5 Å². The van der Waals surface area contributed by atoms with Crippen LogP contribution in [0.15, 0.2) is 48.5 Å². The van der Waals surface area contributed by atoms with E-state index in [-0.39, 0.29) is 24.9 Å². The highest BCUT2D eigenvalue weighted by Crippen LogP contribution is 2.44. The molecule has 0 aliphatic heterocycles. The quantitative estimate of drug-likeness (QED) is 0.425. The molecule has 8 nitrogen and oxygen atoms in total. The number of nitrogens with one attached hydrogen (secondary N) is 1. The summed E-state index contributed by atoms with van der Waals surface area (Å²) >= 11 is 0. The van der Waals surface area contributed by atoms with E-state index in [4.69, 9.17) is 14.2 Å². The van der Waals surface area contributed by atoms with Crippen molar-refractivity contribution in [2.24, 2.45) is 5.92 Å². The Morgan fingerprint density at radius 2 is 1.49 bits per heavy atom. The van der Waals surface area contributed by atoms with Crippen LogP contribution in [0.1, 0.15) is 65.0 Å². The smallest absolute Gasteiger partial charge is 0.407 e. The van der Waals surface area contributed by atoms with Crippen LogP contribution in [0.5, 0.6) is 0 Å². The molecule has 2 N–H and O–H groups in total. The molecule has 0 aromatic heterocycles. The molecule has 37 heavy (non-hydrogen) atoms. The molecule has 0 bridgehead atoms. The number of aliphatic carboxylic acids is 1. The lowest BCUT2D eigenvalue weighted by Crippen LogP contribution is -2.52. The van der Waals surface area contributed by atoms with Crippen LogP contribution < -0.4 is 5.32 Å². The van der Waals surface area contributed by atoms with Gasteiger partial charge in [0.1, 0.15) is 12.7 Å². The fourth-order valence-electron chi connectivity index (χ4n) is 4.57. The molecule has 0 fully saturated rings. The van der Waals surface area contributed by atoms with Gasteiger partial charge in [-0.2, -0.15) is 0 Å². The summed E-state index contributed by atoms with van der Waals surface area (Å²) in [5.74, 6) is -2.21. The Morgan fingerprint density at radius 3 is 1.97 bits per heavy atom. The molecule has 8 heteroatoms. The van der Waals surface area contributed by atoms with Crippen LogP contribution in [0, 0.1) is 5.92 Å². The van der Waals surface area contributed by atoms with Crippen LogP contribution in [-0.2, 0) is 23.8 Å². The molecular weight excluding hydrogens is 474 g/mol. The molecule has 1 amide bonds. The third-order valence-electron chi connectivity index (χ3n) is 6.27. The maximum atomic E-state index is 13.1. The van der Waals surface area contributed by atoms with Crippen molar-refractivity contribution in [3.8, 4) is 11.1 Å². The molecular formula is C29H37NO7. The van der Waals surface area contributed by atoms with E-state index >= 15 is 0 Å². The fourth-order valence-corrected chi connectivity index (χ4v) is 4.57. The van der Waals surface area contributed by atoms with E-state index in [1.54, 1.807) is 20.8 Å². The van der Waals surface area contributed by atoms with E-state index in [1.807, 2.05) is 69.3 Å². The number of rotatable bonds is 10. The summed E-state index contributed by atoms with van der Waals surface area (Å²) in [7, 11) is 0. The lowest BCUT2D eigenvalue weighted by atomic mass is 9.98. The highest BCUT2D eigenvalue weighted by Gasteiger charge is 2.35. The van der Waals surface area contributed by atoms with Crippen molar-refractivity contribution < 1.29 is 33.7 Å². The molecule has 2 aromatic carbocycles. The van der Waals surface area contributed by atoms with E-state index < -0.39 is 41.9 Å². The highest BCUT2D eigenvalue weighted by atomic mass is 16.6. The number of carbonyl (C=O) groups excluding carboxylic acids is 2. The van der Waals surface area contributed by atoms with Crippen LogP contribution in [0.25, 0.3) is 11.1 Å². The zero-order chi connectivity index (χ0) is 27.3. The summed E-state index contributed by atoms with van der Waals surface area (Å²) < 4.78 is 17.1. The molecule has 0 radical (unpaired) electrons. The average Bonchev–Trinajstić information content (AvgIpc) is 3.13. The van der Waals surface area contributed by atoms with Crippen molar-refractivity contribution in [2.45, 2.75) is 77.7 Å². The first-order valence-electron chi connectivity index (χ1n) is 12.6. The molecule has 3 rings (SSSR count). The number of hydrogen-bond donors (Lipinski definition) is 2. The molecule has 0 saturated carbocycles.